The van der Waals surface area contributed by atoms with Gasteiger partial charge in [-0.1, -0.05) is 0 Å². The third-order valence-electron chi connectivity index (χ3n) is 3.43. The van der Waals surface area contributed by atoms with Gasteiger partial charge in [-0.05, 0) is 47.0 Å². The van der Waals surface area contributed by atoms with Gasteiger partial charge in [0.1, 0.15) is 6.61 Å². The molecule has 1 heterocycles. The highest BCUT2D eigenvalue weighted by molar-refractivity contribution is 5.70. The fraction of sp³-hybridized carbons (Fsp3) is 0.923. The van der Waals surface area contributed by atoms with Gasteiger partial charge in [-0.3, -0.25) is 0 Å². The standard InChI is InChI=1S/C13H26N2O3/c1-4-18-13(16)11-17-10-9-15(3)12-5-7-14(2)8-6-12/h12H,4-11H2,1-3H3. The number of hydrogen-bond acceptors (Lipinski definition) is 5. The molecule has 5 nitrogen and oxygen atoms in total. The van der Waals surface area contributed by atoms with Crippen LogP contribution < -0.4 is 0 Å². The van der Waals surface area contributed by atoms with Crippen molar-refractivity contribution < 1.29 is 14.3 Å². The molecule has 1 saturated heterocycles. The molecule has 0 aromatic rings. The molecule has 0 amide bonds. The number of ether oxygens (including phenoxy) is 2. The number of likely N-dealkylation sites (tertiary alicyclic amines) is 1. The fourth-order valence-corrected chi connectivity index (χ4v) is 2.19. The van der Waals surface area contributed by atoms with Crippen molar-refractivity contribution >= 4 is 5.97 Å². The second-order valence-corrected chi connectivity index (χ2v) is 4.87. The number of nitrogens with zero attached hydrogens (tertiary/aromatic N) is 2. The van der Waals surface area contributed by atoms with Crippen LogP contribution in [0.1, 0.15) is 19.8 Å². The van der Waals surface area contributed by atoms with Gasteiger partial charge in [0, 0.05) is 12.6 Å². The largest absolute Gasteiger partial charge is 0.464 e. The van der Waals surface area contributed by atoms with Gasteiger partial charge >= 0.3 is 5.97 Å². The molecule has 1 rings (SSSR count). The van der Waals surface area contributed by atoms with Crippen LogP contribution in [0.5, 0.6) is 0 Å². The fourth-order valence-electron chi connectivity index (χ4n) is 2.19. The molecule has 0 radical (unpaired) electrons. The minimum absolute atomic E-state index is 0.0646. The molecule has 18 heavy (non-hydrogen) atoms. The van der Waals surface area contributed by atoms with Crippen LogP contribution in [0.4, 0.5) is 0 Å². The summed E-state index contributed by atoms with van der Waals surface area (Å²) in [6.07, 6.45) is 2.43. The summed E-state index contributed by atoms with van der Waals surface area (Å²) < 4.78 is 10.1. The lowest BCUT2D eigenvalue weighted by molar-refractivity contribution is -0.148. The van der Waals surface area contributed by atoms with E-state index in [1.807, 2.05) is 0 Å². The molecule has 1 aliphatic rings. The highest BCUT2D eigenvalue weighted by Gasteiger charge is 2.20. The van der Waals surface area contributed by atoms with E-state index in [1.54, 1.807) is 6.92 Å². The number of hydrogen-bond donors (Lipinski definition) is 0. The number of esters is 1. The molecule has 0 saturated carbocycles. The first kappa shape index (κ1) is 15.4. The molecular weight excluding hydrogens is 232 g/mol. The van der Waals surface area contributed by atoms with E-state index in [1.165, 1.54) is 25.9 Å². The molecule has 0 N–H and O–H groups in total. The summed E-state index contributed by atoms with van der Waals surface area (Å²) in [4.78, 5) is 15.8. The zero-order valence-corrected chi connectivity index (χ0v) is 11.9. The number of likely N-dealkylation sites (N-methyl/N-ethyl adjacent to an activating group) is 1. The number of carbonyl (C=O) groups excluding carboxylic acids is 1. The van der Waals surface area contributed by atoms with Crippen molar-refractivity contribution in [3.8, 4) is 0 Å². The summed E-state index contributed by atoms with van der Waals surface area (Å²) >= 11 is 0. The summed E-state index contributed by atoms with van der Waals surface area (Å²) in [6.45, 7) is 6.06. The molecule has 0 bridgehead atoms. The summed E-state index contributed by atoms with van der Waals surface area (Å²) in [5.41, 5.74) is 0. The Kier molecular flexibility index (Phi) is 7.23. The maximum absolute atomic E-state index is 11.1. The second-order valence-electron chi connectivity index (χ2n) is 4.87. The molecule has 1 fully saturated rings. The van der Waals surface area contributed by atoms with E-state index in [0.29, 0.717) is 19.3 Å². The van der Waals surface area contributed by atoms with Gasteiger partial charge in [0.25, 0.3) is 0 Å². The first-order valence-electron chi connectivity index (χ1n) is 6.75. The van der Waals surface area contributed by atoms with E-state index in [2.05, 4.69) is 23.9 Å². The molecule has 0 spiro atoms. The van der Waals surface area contributed by atoms with Crippen LogP contribution in [0.3, 0.4) is 0 Å². The van der Waals surface area contributed by atoms with E-state index in [0.717, 1.165) is 6.54 Å². The monoisotopic (exact) mass is 258 g/mol. The summed E-state index contributed by atoms with van der Waals surface area (Å²) in [7, 11) is 4.29. The van der Waals surface area contributed by atoms with E-state index >= 15 is 0 Å². The molecule has 0 aromatic carbocycles. The minimum Gasteiger partial charge on any atom is -0.464 e. The van der Waals surface area contributed by atoms with Gasteiger partial charge in [0.05, 0.1) is 13.2 Å². The van der Waals surface area contributed by atoms with Gasteiger partial charge in [-0.2, -0.15) is 0 Å². The van der Waals surface area contributed by atoms with Crippen molar-refractivity contribution in [3.63, 3.8) is 0 Å². The molecule has 1 aliphatic heterocycles. The SMILES string of the molecule is CCOC(=O)COCCN(C)C1CCN(C)CC1. The Hall–Kier alpha value is -0.650. The van der Waals surface area contributed by atoms with E-state index in [4.69, 9.17) is 9.47 Å². The van der Waals surface area contributed by atoms with Crippen molar-refractivity contribution in [2.75, 3.05) is 53.6 Å². The van der Waals surface area contributed by atoms with Gasteiger partial charge in [-0.25, -0.2) is 4.79 Å². The Morgan fingerprint density at radius 3 is 2.67 bits per heavy atom. The lowest BCUT2D eigenvalue weighted by Gasteiger charge is -2.35. The van der Waals surface area contributed by atoms with Crippen LogP contribution >= 0.6 is 0 Å². The van der Waals surface area contributed by atoms with E-state index in [-0.39, 0.29) is 12.6 Å². The third-order valence-corrected chi connectivity index (χ3v) is 3.43. The second kappa shape index (κ2) is 8.45. The van der Waals surface area contributed by atoms with Crippen molar-refractivity contribution in [1.29, 1.82) is 0 Å². The molecule has 5 heteroatoms. The normalized spacial score (nSPS) is 18.2. The molecule has 106 valence electrons. The Morgan fingerprint density at radius 2 is 2.06 bits per heavy atom. The summed E-state index contributed by atoms with van der Waals surface area (Å²) in [5, 5.41) is 0. The first-order chi connectivity index (χ1) is 8.63. The zero-order chi connectivity index (χ0) is 13.4. The van der Waals surface area contributed by atoms with E-state index < -0.39 is 0 Å². The minimum atomic E-state index is -0.278. The van der Waals surface area contributed by atoms with Crippen molar-refractivity contribution in [1.82, 2.24) is 9.80 Å². The van der Waals surface area contributed by atoms with Crippen molar-refractivity contribution in [3.05, 3.63) is 0 Å². The average Bonchev–Trinajstić information content (AvgIpc) is 2.35. The maximum atomic E-state index is 11.1. The Labute approximate surface area is 110 Å². The molecule has 0 unspecified atom stereocenters. The lowest BCUT2D eigenvalue weighted by Crippen LogP contribution is -2.43. The highest BCUT2D eigenvalue weighted by Crippen LogP contribution is 2.13. The van der Waals surface area contributed by atoms with Crippen LogP contribution in [0.15, 0.2) is 0 Å². The average molecular weight is 258 g/mol. The summed E-state index contributed by atoms with van der Waals surface area (Å²) in [5.74, 6) is -0.278. The molecular formula is C13H26N2O3. The van der Waals surface area contributed by atoms with Crippen LogP contribution in [-0.4, -0.2) is 75.4 Å². The van der Waals surface area contributed by atoms with Crippen molar-refractivity contribution in [2.45, 2.75) is 25.8 Å². The Morgan fingerprint density at radius 1 is 1.39 bits per heavy atom. The molecule has 0 aromatic heterocycles. The zero-order valence-electron chi connectivity index (χ0n) is 11.9. The molecule has 0 aliphatic carbocycles. The third kappa shape index (κ3) is 5.80. The lowest BCUT2D eigenvalue weighted by atomic mass is 10.0. The highest BCUT2D eigenvalue weighted by atomic mass is 16.6. The summed E-state index contributed by atoms with van der Waals surface area (Å²) in [6, 6.07) is 0.646. The van der Waals surface area contributed by atoms with Crippen molar-refractivity contribution in [2.24, 2.45) is 0 Å². The van der Waals surface area contributed by atoms with Crippen LogP contribution in [-0.2, 0) is 14.3 Å². The number of carbonyl (C=O) groups is 1. The van der Waals surface area contributed by atoms with E-state index in [9.17, 15) is 4.79 Å². The quantitative estimate of drug-likeness (QED) is 0.494. The van der Waals surface area contributed by atoms with Gasteiger partial charge in [-0.15, -0.1) is 0 Å². The van der Waals surface area contributed by atoms with Crippen LogP contribution in [0, 0.1) is 0 Å². The predicted octanol–water partition coefficient (Wildman–Crippen LogP) is 0.592. The first-order valence-corrected chi connectivity index (χ1v) is 6.75. The Balaban J connectivity index is 2.06. The van der Waals surface area contributed by atoms with Gasteiger partial charge < -0.3 is 19.3 Å². The molecule has 0 atom stereocenters. The maximum Gasteiger partial charge on any atom is 0.332 e. The predicted molar refractivity (Wildman–Crippen MR) is 70.6 cm³/mol. The van der Waals surface area contributed by atoms with Crippen LogP contribution in [0.25, 0.3) is 0 Å². The smallest absolute Gasteiger partial charge is 0.332 e. The van der Waals surface area contributed by atoms with Gasteiger partial charge in [0.2, 0.25) is 0 Å². The number of rotatable bonds is 7. The topological polar surface area (TPSA) is 42.0 Å². The number of piperidine rings is 1. The Bertz CT molecular complexity index is 240. The van der Waals surface area contributed by atoms with Gasteiger partial charge in [0.15, 0.2) is 0 Å². The van der Waals surface area contributed by atoms with Crippen LogP contribution in [0.2, 0.25) is 0 Å².